The molecule has 0 fully saturated rings. The van der Waals surface area contributed by atoms with Crippen molar-refractivity contribution in [2.75, 3.05) is 12.4 Å². The number of carbonyl (C=O) groups excluding carboxylic acids is 2. The van der Waals surface area contributed by atoms with Crippen LogP contribution >= 0.6 is 0 Å². The third-order valence-corrected chi connectivity index (χ3v) is 4.89. The molecular weight excluding hydrogens is 412 g/mol. The van der Waals surface area contributed by atoms with Crippen LogP contribution in [-0.4, -0.2) is 29.4 Å². The SMILES string of the molecule is COc1cc(NC(=O)C(=O)NC(C)(C)Cc2cc(C)[n+]([O-])c(C)c2)ccc1-c1cnco1. The van der Waals surface area contributed by atoms with E-state index in [-0.39, 0.29) is 0 Å². The van der Waals surface area contributed by atoms with Gasteiger partial charge in [-0.15, -0.1) is 0 Å². The Bertz CT molecular complexity index is 1120. The summed E-state index contributed by atoms with van der Waals surface area (Å²) in [6.45, 7) is 7.08. The Hall–Kier alpha value is -3.88. The highest BCUT2D eigenvalue weighted by molar-refractivity contribution is 6.39. The number of pyridine rings is 1. The minimum Gasteiger partial charge on any atom is -0.618 e. The summed E-state index contributed by atoms with van der Waals surface area (Å²) in [6.07, 6.45) is 3.32. The number of carbonyl (C=O) groups is 2. The number of aromatic nitrogens is 2. The van der Waals surface area contributed by atoms with Crippen LogP contribution < -0.4 is 20.1 Å². The first-order valence-corrected chi connectivity index (χ1v) is 10.00. The first-order valence-electron chi connectivity index (χ1n) is 10.00. The van der Waals surface area contributed by atoms with Crippen LogP contribution in [0.25, 0.3) is 11.3 Å². The molecule has 0 aliphatic carbocycles. The Kier molecular flexibility index (Phi) is 6.47. The molecule has 0 aliphatic heterocycles. The lowest BCUT2D eigenvalue weighted by Gasteiger charge is -2.26. The molecule has 0 saturated heterocycles. The Morgan fingerprint density at radius 3 is 2.44 bits per heavy atom. The van der Waals surface area contributed by atoms with Crippen LogP contribution in [0, 0.1) is 19.1 Å². The molecule has 168 valence electrons. The van der Waals surface area contributed by atoms with Gasteiger partial charge in [0.2, 0.25) is 0 Å². The molecule has 1 aromatic carbocycles. The van der Waals surface area contributed by atoms with Gasteiger partial charge in [0.1, 0.15) is 5.75 Å². The highest BCUT2D eigenvalue weighted by Gasteiger charge is 2.26. The molecule has 0 saturated carbocycles. The second kappa shape index (κ2) is 9.09. The molecule has 0 bridgehead atoms. The largest absolute Gasteiger partial charge is 0.618 e. The smallest absolute Gasteiger partial charge is 0.313 e. The van der Waals surface area contributed by atoms with E-state index in [0.29, 0.717) is 40.6 Å². The van der Waals surface area contributed by atoms with Crippen LogP contribution in [0.1, 0.15) is 30.8 Å². The second-order valence-electron chi connectivity index (χ2n) is 8.19. The first kappa shape index (κ1) is 22.8. The molecule has 3 rings (SSSR count). The number of oxazole rings is 1. The topological polar surface area (TPSA) is 120 Å². The van der Waals surface area contributed by atoms with Crippen LogP contribution in [-0.2, 0) is 16.0 Å². The van der Waals surface area contributed by atoms with Gasteiger partial charge in [0.05, 0.1) is 18.9 Å². The summed E-state index contributed by atoms with van der Waals surface area (Å²) in [6, 6.07) is 8.50. The Labute approximate surface area is 186 Å². The molecule has 2 N–H and O–H groups in total. The van der Waals surface area contributed by atoms with Crippen LogP contribution in [0.3, 0.4) is 0 Å². The molecule has 9 heteroatoms. The van der Waals surface area contributed by atoms with Crippen LogP contribution in [0.2, 0.25) is 0 Å². The van der Waals surface area contributed by atoms with Crippen LogP contribution in [0.4, 0.5) is 5.69 Å². The molecule has 0 spiro atoms. The van der Waals surface area contributed by atoms with E-state index in [1.165, 1.54) is 13.5 Å². The van der Waals surface area contributed by atoms with Crippen molar-refractivity contribution in [3.8, 4) is 17.1 Å². The van der Waals surface area contributed by atoms with Crippen molar-refractivity contribution in [2.45, 2.75) is 39.7 Å². The maximum Gasteiger partial charge on any atom is 0.313 e. The number of rotatable bonds is 6. The van der Waals surface area contributed by atoms with E-state index in [1.807, 2.05) is 13.8 Å². The zero-order chi connectivity index (χ0) is 23.5. The maximum absolute atomic E-state index is 12.5. The van der Waals surface area contributed by atoms with Gasteiger partial charge >= 0.3 is 11.8 Å². The predicted molar refractivity (Wildman–Crippen MR) is 118 cm³/mol. The van der Waals surface area contributed by atoms with Crippen molar-refractivity contribution >= 4 is 17.5 Å². The zero-order valence-electron chi connectivity index (χ0n) is 18.7. The Morgan fingerprint density at radius 1 is 1.16 bits per heavy atom. The van der Waals surface area contributed by atoms with Gasteiger partial charge in [-0.05, 0) is 38.0 Å². The monoisotopic (exact) mass is 438 g/mol. The highest BCUT2D eigenvalue weighted by atomic mass is 16.5. The molecule has 0 aliphatic rings. The fourth-order valence-corrected chi connectivity index (χ4v) is 3.50. The van der Waals surface area contributed by atoms with Gasteiger partial charge < -0.3 is 25.0 Å². The van der Waals surface area contributed by atoms with E-state index >= 15 is 0 Å². The van der Waals surface area contributed by atoms with Gasteiger partial charge in [0, 0.05) is 43.3 Å². The summed E-state index contributed by atoms with van der Waals surface area (Å²) < 4.78 is 11.5. The summed E-state index contributed by atoms with van der Waals surface area (Å²) in [5.41, 5.74) is 2.39. The van der Waals surface area contributed by atoms with Gasteiger partial charge in [-0.1, -0.05) is 0 Å². The maximum atomic E-state index is 12.5. The minimum absolute atomic E-state index is 0.400. The van der Waals surface area contributed by atoms with Gasteiger partial charge in [-0.2, -0.15) is 4.73 Å². The lowest BCUT2D eigenvalue weighted by atomic mass is 9.94. The highest BCUT2D eigenvalue weighted by Crippen LogP contribution is 2.32. The molecule has 32 heavy (non-hydrogen) atoms. The fraction of sp³-hybridized carbons (Fsp3) is 0.304. The first-order chi connectivity index (χ1) is 15.1. The molecule has 2 heterocycles. The minimum atomic E-state index is -0.801. The van der Waals surface area contributed by atoms with E-state index in [0.717, 1.165) is 10.3 Å². The number of nitrogens with zero attached hydrogens (tertiary/aromatic N) is 2. The summed E-state index contributed by atoms with van der Waals surface area (Å²) in [4.78, 5) is 28.9. The second-order valence-corrected chi connectivity index (χ2v) is 8.19. The number of ether oxygens (including phenoxy) is 1. The Morgan fingerprint density at radius 2 is 1.84 bits per heavy atom. The number of nitrogens with one attached hydrogen (secondary N) is 2. The predicted octanol–water partition coefficient (Wildman–Crippen LogP) is 2.68. The lowest BCUT2D eigenvalue weighted by Crippen LogP contribution is -2.49. The average molecular weight is 438 g/mol. The van der Waals surface area contributed by atoms with Crippen molar-refractivity contribution in [1.82, 2.24) is 10.3 Å². The number of aryl methyl sites for hydroxylation is 2. The zero-order valence-corrected chi connectivity index (χ0v) is 18.7. The number of methoxy groups -OCH3 is 1. The number of benzene rings is 1. The van der Waals surface area contributed by atoms with Crippen molar-refractivity contribution in [3.63, 3.8) is 0 Å². The molecule has 9 nitrogen and oxygen atoms in total. The summed E-state index contributed by atoms with van der Waals surface area (Å²) >= 11 is 0. The van der Waals surface area contributed by atoms with E-state index in [1.54, 1.807) is 50.4 Å². The number of anilines is 1. The van der Waals surface area contributed by atoms with Crippen LogP contribution in [0.15, 0.2) is 47.3 Å². The number of amides is 2. The summed E-state index contributed by atoms with van der Waals surface area (Å²) in [7, 11) is 1.50. The van der Waals surface area contributed by atoms with Gasteiger partial charge in [0.25, 0.3) is 0 Å². The van der Waals surface area contributed by atoms with Crippen molar-refractivity contribution < 1.29 is 23.5 Å². The molecule has 2 amide bonds. The van der Waals surface area contributed by atoms with Crippen molar-refractivity contribution in [1.29, 1.82) is 0 Å². The van der Waals surface area contributed by atoms with E-state index in [2.05, 4.69) is 15.6 Å². The average Bonchev–Trinajstić information content (AvgIpc) is 3.25. The third-order valence-electron chi connectivity index (χ3n) is 4.89. The normalized spacial score (nSPS) is 11.2. The summed E-state index contributed by atoms with van der Waals surface area (Å²) in [5, 5.41) is 17.2. The molecule has 0 atom stereocenters. The molecule has 2 aromatic heterocycles. The van der Waals surface area contributed by atoms with E-state index in [9.17, 15) is 14.8 Å². The number of hydrogen-bond acceptors (Lipinski definition) is 6. The molecule has 3 aromatic rings. The van der Waals surface area contributed by atoms with Gasteiger partial charge in [-0.3, -0.25) is 9.59 Å². The molecule has 0 unspecified atom stereocenters. The third kappa shape index (κ3) is 5.23. The van der Waals surface area contributed by atoms with E-state index in [4.69, 9.17) is 9.15 Å². The molecule has 0 radical (unpaired) electrons. The molecular formula is C23H26N4O5. The van der Waals surface area contributed by atoms with Crippen molar-refractivity contribution in [3.05, 3.63) is 65.1 Å². The lowest BCUT2D eigenvalue weighted by molar-refractivity contribution is -0.619. The quantitative estimate of drug-likeness (QED) is 0.347. The number of hydrogen-bond donors (Lipinski definition) is 2. The van der Waals surface area contributed by atoms with Crippen molar-refractivity contribution in [2.24, 2.45) is 0 Å². The van der Waals surface area contributed by atoms with Crippen LogP contribution in [0.5, 0.6) is 5.75 Å². The Balaban J connectivity index is 1.67. The standard InChI is InChI=1S/C23H26N4O5/c1-14-8-16(9-15(2)27(14)30)11-23(3,4)26-22(29)21(28)25-17-6-7-18(19(10-17)31-5)20-12-24-13-32-20/h6-10,12-13H,11H2,1-5H3,(H,25,28)(H,26,29). The van der Waals surface area contributed by atoms with E-state index < -0.39 is 17.4 Å². The van der Waals surface area contributed by atoms with Gasteiger partial charge in [-0.25, -0.2) is 4.98 Å². The van der Waals surface area contributed by atoms with Gasteiger partial charge in [0.15, 0.2) is 23.5 Å². The fourth-order valence-electron chi connectivity index (χ4n) is 3.50. The summed E-state index contributed by atoms with van der Waals surface area (Å²) in [5.74, 6) is -0.583.